The summed E-state index contributed by atoms with van der Waals surface area (Å²) in [5.74, 6) is -0.200. The van der Waals surface area contributed by atoms with E-state index in [2.05, 4.69) is 16.0 Å². The molecule has 3 amide bonds. The summed E-state index contributed by atoms with van der Waals surface area (Å²) in [5, 5.41) is 8.88. The lowest BCUT2D eigenvalue weighted by Crippen LogP contribution is -2.47. The SMILES string of the molecule is Cc1ccccc1-n1c(-c2ccccc2)c(C(=O)N2CCNCC2)n(CCNC(=O)Nc2ccccc2)c1=O. The molecule has 1 fully saturated rings. The Morgan fingerprint density at radius 3 is 2.21 bits per heavy atom. The van der Waals surface area contributed by atoms with Gasteiger partial charge >= 0.3 is 11.7 Å². The number of carbonyl (C=O) groups is 2. The summed E-state index contributed by atoms with van der Waals surface area (Å²) in [6, 6.07) is 25.9. The molecule has 1 saturated heterocycles. The Morgan fingerprint density at radius 1 is 0.872 bits per heavy atom. The Labute approximate surface area is 227 Å². The fourth-order valence-corrected chi connectivity index (χ4v) is 4.87. The Morgan fingerprint density at radius 2 is 1.51 bits per heavy atom. The summed E-state index contributed by atoms with van der Waals surface area (Å²) in [5.41, 5.74) is 3.60. The number of amides is 3. The normalized spacial score (nSPS) is 13.2. The van der Waals surface area contributed by atoms with E-state index in [-0.39, 0.29) is 30.7 Å². The number of hydrogen-bond acceptors (Lipinski definition) is 4. The number of aryl methyl sites for hydroxylation is 1. The van der Waals surface area contributed by atoms with Crippen molar-refractivity contribution < 1.29 is 9.59 Å². The molecule has 1 aliphatic heterocycles. The van der Waals surface area contributed by atoms with Gasteiger partial charge in [0.2, 0.25) is 0 Å². The molecule has 0 spiro atoms. The van der Waals surface area contributed by atoms with Crippen molar-refractivity contribution in [1.82, 2.24) is 24.7 Å². The third kappa shape index (κ3) is 5.63. The molecule has 3 aromatic carbocycles. The smallest absolute Gasteiger partial charge is 0.333 e. The van der Waals surface area contributed by atoms with Gasteiger partial charge in [0.1, 0.15) is 5.69 Å². The van der Waals surface area contributed by atoms with Crippen LogP contribution in [0.4, 0.5) is 10.5 Å². The molecular formula is C30H32N6O3. The van der Waals surface area contributed by atoms with Gasteiger partial charge in [-0.1, -0.05) is 66.7 Å². The molecule has 0 atom stereocenters. The number of carbonyl (C=O) groups excluding carboxylic acids is 2. The number of hydrogen-bond donors (Lipinski definition) is 3. The molecule has 0 radical (unpaired) electrons. The van der Waals surface area contributed by atoms with Crippen molar-refractivity contribution in [2.75, 3.05) is 38.0 Å². The number of piperazine rings is 1. The molecule has 3 N–H and O–H groups in total. The number of urea groups is 1. The minimum Gasteiger partial charge on any atom is -0.336 e. The number of benzene rings is 3. The third-order valence-corrected chi connectivity index (χ3v) is 6.80. The van der Waals surface area contributed by atoms with Crippen LogP contribution < -0.4 is 21.6 Å². The van der Waals surface area contributed by atoms with Crippen LogP contribution in [0.1, 0.15) is 16.1 Å². The maximum atomic E-state index is 14.1. The van der Waals surface area contributed by atoms with Crippen LogP contribution in [0.5, 0.6) is 0 Å². The zero-order valence-electron chi connectivity index (χ0n) is 21.9. The lowest BCUT2D eigenvalue weighted by Gasteiger charge is -2.28. The number of rotatable bonds is 7. The van der Waals surface area contributed by atoms with Gasteiger partial charge in [-0.05, 0) is 30.7 Å². The van der Waals surface area contributed by atoms with E-state index in [0.29, 0.717) is 48.9 Å². The lowest BCUT2D eigenvalue weighted by atomic mass is 10.1. The van der Waals surface area contributed by atoms with Gasteiger partial charge in [0.15, 0.2) is 0 Å². The average Bonchev–Trinajstić information content (AvgIpc) is 3.26. The van der Waals surface area contributed by atoms with Crippen molar-refractivity contribution in [2.45, 2.75) is 13.5 Å². The van der Waals surface area contributed by atoms with E-state index in [4.69, 9.17) is 0 Å². The maximum Gasteiger partial charge on any atom is 0.333 e. The van der Waals surface area contributed by atoms with E-state index in [0.717, 1.165) is 11.1 Å². The molecule has 5 rings (SSSR count). The summed E-state index contributed by atoms with van der Waals surface area (Å²) in [4.78, 5) is 42.5. The van der Waals surface area contributed by atoms with Gasteiger partial charge in [-0.15, -0.1) is 0 Å². The fraction of sp³-hybridized carbons (Fsp3) is 0.233. The van der Waals surface area contributed by atoms with Crippen molar-refractivity contribution >= 4 is 17.6 Å². The number of nitrogens with zero attached hydrogens (tertiary/aromatic N) is 3. The minimum atomic E-state index is -0.383. The molecule has 9 heteroatoms. The third-order valence-electron chi connectivity index (χ3n) is 6.80. The monoisotopic (exact) mass is 524 g/mol. The highest BCUT2D eigenvalue weighted by molar-refractivity contribution is 5.99. The molecule has 1 aliphatic rings. The number of anilines is 1. The fourth-order valence-electron chi connectivity index (χ4n) is 4.87. The largest absolute Gasteiger partial charge is 0.336 e. The minimum absolute atomic E-state index is 0.132. The highest BCUT2D eigenvalue weighted by atomic mass is 16.2. The summed E-state index contributed by atoms with van der Waals surface area (Å²) in [6.07, 6.45) is 0. The molecule has 1 aromatic heterocycles. The van der Waals surface area contributed by atoms with Gasteiger partial charge in [0.05, 0.1) is 11.4 Å². The van der Waals surface area contributed by atoms with E-state index in [1.54, 1.807) is 21.6 Å². The molecule has 2 heterocycles. The van der Waals surface area contributed by atoms with Gasteiger partial charge < -0.3 is 20.9 Å². The van der Waals surface area contributed by atoms with E-state index >= 15 is 0 Å². The van der Waals surface area contributed by atoms with Crippen LogP contribution in [0.2, 0.25) is 0 Å². The van der Waals surface area contributed by atoms with Crippen LogP contribution in [0.15, 0.2) is 89.7 Å². The second-order valence-electron chi connectivity index (χ2n) is 9.41. The standard InChI is InChI=1S/C30H32N6O3/c1-22-10-8-9-15-25(22)36-26(23-11-4-2-5-12-23)27(28(37)34-19-16-31-17-20-34)35(30(36)39)21-18-32-29(38)33-24-13-6-3-7-14-24/h2-15,31H,16-21H2,1H3,(H2,32,33,38). The Hall–Kier alpha value is -4.63. The molecule has 0 aliphatic carbocycles. The molecule has 9 nitrogen and oxygen atoms in total. The quantitative estimate of drug-likeness (QED) is 0.345. The topological polar surface area (TPSA) is 100 Å². The predicted molar refractivity (Wildman–Crippen MR) is 152 cm³/mol. The zero-order valence-corrected chi connectivity index (χ0v) is 21.9. The summed E-state index contributed by atoms with van der Waals surface area (Å²) in [6.45, 7) is 4.72. The number of para-hydroxylation sites is 2. The molecule has 200 valence electrons. The van der Waals surface area contributed by atoms with Crippen molar-refractivity contribution in [3.8, 4) is 16.9 Å². The van der Waals surface area contributed by atoms with Crippen LogP contribution in [-0.2, 0) is 6.54 Å². The molecular weight excluding hydrogens is 492 g/mol. The van der Waals surface area contributed by atoms with Crippen LogP contribution >= 0.6 is 0 Å². The number of aromatic nitrogens is 2. The summed E-state index contributed by atoms with van der Waals surface area (Å²) < 4.78 is 3.13. The summed E-state index contributed by atoms with van der Waals surface area (Å²) >= 11 is 0. The summed E-state index contributed by atoms with van der Waals surface area (Å²) in [7, 11) is 0. The number of imidazole rings is 1. The van der Waals surface area contributed by atoms with Gasteiger partial charge in [0, 0.05) is 50.5 Å². The van der Waals surface area contributed by atoms with E-state index in [1.165, 1.54) is 4.57 Å². The highest BCUT2D eigenvalue weighted by Crippen LogP contribution is 2.28. The van der Waals surface area contributed by atoms with Crippen LogP contribution in [0, 0.1) is 6.92 Å². The first kappa shape index (κ1) is 26.0. The molecule has 4 aromatic rings. The average molecular weight is 525 g/mol. The van der Waals surface area contributed by atoms with Crippen molar-refractivity contribution in [1.29, 1.82) is 0 Å². The van der Waals surface area contributed by atoms with E-state index in [1.807, 2.05) is 79.7 Å². The van der Waals surface area contributed by atoms with Crippen LogP contribution in [0.3, 0.4) is 0 Å². The van der Waals surface area contributed by atoms with Crippen molar-refractivity contribution in [3.05, 3.63) is 107 Å². The first-order valence-electron chi connectivity index (χ1n) is 13.1. The first-order valence-corrected chi connectivity index (χ1v) is 13.1. The molecule has 39 heavy (non-hydrogen) atoms. The number of nitrogens with one attached hydrogen (secondary N) is 3. The second kappa shape index (κ2) is 11.8. The van der Waals surface area contributed by atoms with Crippen LogP contribution in [-0.4, -0.2) is 58.7 Å². The van der Waals surface area contributed by atoms with E-state index < -0.39 is 0 Å². The van der Waals surface area contributed by atoms with Gasteiger partial charge in [-0.25, -0.2) is 9.59 Å². The van der Waals surface area contributed by atoms with E-state index in [9.17, 15) is 14.4 Å². The van der Waals surface area contributed by atoms with Crippen LogP contribution in [0.25, 0.3) is 16.9 Å². The maximum absolute atomic E-state index is 14.1. The first-order chi connectivity index (χ1) is 19.0. The van der Waals surface area contributed by atoms with Crippen molar-refractivity contribution in [2.24, 2.45) is 0 Å². The Balaban J connectivity index is 1.57. The molecule has 0 bridgehead atoms. The van der Waals surface area contributed by atoms with Gasteiger partial charge in [-0.2, -0.15) is 0 Å². The molecule has 0 saturated carbocycles. The van der Waals surface area contributed by atoms with Gasteiger partial charge in [0.25, 0.3) is 5.91 Å². The molecule has 0 unspecified atom stereocenters. The lowest BCUT2D eigenvalue weighted by molar-refractivity contribution is 0.0725. The highest BCUT2D eigenvalue weighted by Gasteiger charge is 2.31. The Bertz CT molecular complexity index is 1500. The van der Waals surface area contributed by atoms with Gasteiger partial charge in [-0.3, -0.25) is 13.9 Å². The van der Waals surface area contributed by atoms with Crippen molar-refractivity contribution in [3.63, 3.8) is 0 Å². The zero-order chi connectivity index (χ0) is 27.2. The second-order valence-corrected chi connectivity index (χ2v) is 9.41. The Kier molecular flexibility index (Phi) is 7.88. The predicted octanol–water partition coefficient (Wildman–Crippen LogP) is 3.48.